The lowest BCUT2D eigenvalue weighted by molar-refractivity contribution is -0.144. The predicted octanol–water partition coefficient (Wildman–Crippen LogP) is 2.93. The first kappa shape index (κ1) is 22.3. The molecule has 2 N–H and O–H groups in total. The summed E-state index contributed by atoms with van der Waals surface area (Å²) in [6, 6.07) is 11.4. The molecule has 0 saturated heterocycles. The number of imide groups is 1. The van der Waals surface area contributed by atoms with E-state index < -0.39 is 23.8 Å². The van der Waals surface area contributed by atoms with Crippen LogP contribution >= 0.6 is 0 Å². The molecule has 3 aromatic rings. The van der Waals surface area contributed by atoms with Crippen LogP contribution in [-0.4, -0.2) is 53.3 Å². The molecule has 1 aliphatic heterocycles. The molecule has 8 heteroatoms. The summed E-state index contributed by atoms with van der Waals surface area (Å²) in [4.78, 5) is 54.9. The number of amides is 3. The molecular formula is C25H25N3O5. The van der Waals surface area contributed by atoms with Gasteiger partial charge >= 0.3 is 5.97 Å². The largest absolute Gasteiger partial charge is 0.467 e. The normalized spacial score (nSPS) is 14.0. The lowest BCUT2D eigenvalue weighted by Gasteiger charge is -2.19. The second-order valence-corrected chi connectivity index (χ2v) is 8.35. The molecule has 0 spiro atoms. The van der Waals surface area contributed by atoms with Crippen LogP contribution in [0.1, 0.15) is 50.5 Å². The van der Waals surface area contributed by atoms with E-state index in [0.717, 1.165) is 16.5 Å². The zero-order valence-corrected chi connectivity index (χ0v) is 18.7. The van der Waals surface area contributed by atoms with Crippen molar-refractivity contribution in [2.75, 3.05) is 13.7 Å². The molecule has 1 atom stereocenters. The van der Waals surface area contributed by atoms with E-state index in [0.29, 0.717) is 6.42 Å². The van der Waals surface area contributed by atoms with Crippen molar-refractivity contribution >= 4 is 34.6 Å². The summed E-state index contributed by atoms with van der Waals surface area (Å²) < 4.78 is 4.75. The molecule has 0 bridgehead atoms. The highest BCUT2D eigenvalue weighted by Gasteiger charge is 2.36. The van der Waals surface area contributed by atoms with Gasteiger partial charge in [0, 0.05) is 29.2 Å². The van der Waals surface area contributed by atoms with E-state index >= 15 is 0 Å². The molecule has 1 aliphatic rings. The van der Waals surface area contributed by atoms with E-state index in [-0.39, 0.29) is 35.1 Å². The third kappa shape index (κ3) is 4.11. The van der Waals surface area contributed by atoms with Gasteiger partial charge in [0.05, 0.1) is 18.2 Å². The molecule has 33 heavy (non-hydrogen) atoms. The summed E-state index contributed by atoms with van der Waals surface area (Å²) in [6.45, 7) is 3.81. The maximum Gasteiger partial charge on any atom is 0.328 e. The van der Waals surface area contributed by atoms with E-state index in [4.69, 9.17) is 4.74 Å². The van der Waals surface area contributed by atoms with E-state index in [1.807, 2.05) is 30.5 Å². The van der Waals surface area contributed by atoms with E-state index in [1.165, 1.54) is 30.2 Å². The van der Waals surface area contributed by atoms with Crippen molar-refractivity contribution < 1.29 is 23.9 Å². The number of carbonyl (C=O) groups excluding carboxylic acids is 4. The van der Waals surface area contributed by atoms with Gasteiger partial charge < -0.3 is 15.0 Å². The van der Waals surface area contributed by atoms with Crippen molar-refractivity contribution in [3.8, 4) is 0 Å². The van der Waals surface area contributed by atoms with Crippen molar-refractivity contribution in [1.29, 1.82) is 0 Å². The number of hydrogen-bond donors (Lipinski definition) is 2. The number of nitrogens with one attached hydrogen (secondary N) is 2. The Morgan fingerprint density at radius 1 is 1.06 bits per heavy atom. The highest BCUT2D eigenvalue weighted by atomic mass is 16.5. The van der Waals surface area contributed by atoms with Crippen LogP contribution in [0.3, 0.4) is 0 Å². The Morgan fingerprint density at radius 2 is 1.79 bits per heavy atom. The van der Waals surface area contributed by atoms with Crippen LogP contribution in [0.2, 0.25) is 0 Å². The van der Waals surface area contributed by atoms with E-state index in [1.54, 1.807) is 13.8 Å². The second-order valence-electron chi connectivity index (χ2n) is 8.35. The van der Waals surface area contributed by atoms with Crippen molar-refractivity contribution in [3.63, 3.8) is 0 Å². The lowest BCUT2D eigenvalue weighted by Crippen LogP contribution is -2.45. The number of carbonyl (C=O) groups is 4. The molecule has 0 fully saturated rings. The highest BCUT2D eigenvalue weighted by Crippen LogP contribution is 2.26. The number of rotatable bonds is 7. The van der Waals surface area contributed by atoms with Crippen LogP contribution in [0.4, 0.5) is 0 Å². The minimum atomic E-state index is -0.819. The monoisotopic (exact) mass is 447 g/mol. The molecule has 2 aromatic carbocycles. The fraction of sp³-hybridized carbons (Fsp3) is 0.280. The van der Waals surface area contributed by atoms with Gasteiger partial charge in [-0.15, -0.1) is 0 Å². The molecule has 3 amide bonds. The van der Waals surface area contributed by atoms with Crippen LogP contribution < -0.4 is 5.32 Å². The van der Waals surface area contributed by atoms with Crippen molar-refractivity contribution in [2.45, 2.75) is 26.3 Å². The molecule has 8 nitrogen and oxygen atoms in total. The third-order valence-electron chi connectivity index (χ3n) is 5.92. The summed E-state index contributed by atoms with van der Waals surface area (Å²) in [7, 11) is 1.26. The summed E-state index contributed by atoms with van der Waals surface area (Å²) in [5.74, 6) is -2.05. The molecule has 0 aliphatic carbocycles. The zero-order valence-electron chi connectivity index (χ0n) is 18.7. The first-order valence-corrected chi connectivity index (χ1v) is 10.8. The van der Waals surface area contributed by atoms with Gasteiger partial charge in [0.1, 0.15) is 6.04 Å². The average molecular weight is 447 g/mol. The summed E-state index contributed by atoms with van der Waals surface area (Å²) in [5, 5.41) is 3.70. The average Bonchev–Trinajstić information content (AvgIpc) is 3.33. The van der Waals surface area contributed by atoms with Gasteiger partial charge in [-0.25, -0.2) is 4.79 Å². The number of hydrogen-bond acceptors (Lipinski definition) is 5. The second kappa shape index (κ2) is 8.90. The first-order chi connectivity index (χ1) is 15.8. The smallest absolute Gasteiger partial charge is 0.328 e. The van der Waals surface area contributed by atoms with Gasteiger partial charge in [-0.05, 0) is 42.2 Å². The predicted molar refractivity (Wildman–Crippen MR) is 122 cm³/mol. The number of benzene rings is 2. The number of H-pyrrole nitrogens is 1. The first-order valence-electron chi connectivity index (χ1n) is 10.8. The molecule has 0 radical (unpaired) electrons. The summed E-state index contributed by atoms with van der Waals surface area (Å²) >= 11 is 0. The Morgan fingerprint density at radius 3 is 2.52 bits per heavy atom. The number of esters is 1. The van der Waals surface area contributed by atoms with Gasteiger partial charge in [-0.3, -0.25) is 19.3 Å². The van der Waals surface area contributed by atoms with Crippen molar-refractivity contribution in [2.24, 2.45) is 5.92 Å². The number of nitrogens with zero attached hydrogens (tertiary/aromatic N) is 1. The number of aromatic amines is 1. The maximum absolute atomic E-state index is 13.0. The van der Waals surface area contributed by atoms with Crippen LogP contribution in [-0.2, 0) is 16.0 Å². The Hall–Kier alpha value is -3.94. The molecule has 1 aromatic heterocycles. The number of fused-ring (bicyclic) bond motifs is 2. The quantitative estimate of drug-likeness (QED) is 0.428. The summed E-state index contributed by atoms with van der Waals surface area (Å²) in [6.07, 6.45) is 2.40. The maximum atomic E-state index is 13.0. The Bertz CT molecular complexity index is 1260. The Kier molecular flexibility index (Phi) is 6.00. The van der Waals surface area contributed by atoms with Gasteiger partial charge in [0.15, 0.2) is 0 Å². The molecule has 4 rings (SSSR count). The standard InChI is InChI=1S/C25H25N3O5/c1-14(2)21(25(32)33-3)27-22(29)15-8-9-18-19(12-15)24(31)28(23(18)30)11-10-16-13-26-20-7-5-4-6-17(16)20/h4-9,12-14,21,26H,10-11H2,1-3H3,(H,27,29)/t21-/m1/s1. The highest BCUT2D eigenvalue weighted by molar-refractivity contribution is 6.22. The van der Waals surface area contributed by atoms with Gasteiger partial charge in [-0.1, -0.05) is 32.0 Å². The van der Waals surface area contributed by atoms with E-state index in [2.05, 4.69) is 10.3 Å². The lowest BCUT2D eigenvalue weighted by atomic mass is 10.0. The number of methoxy groups -OCH3 is 1. The van der Waals surface area contributed by atoms with Crippen molar-refractivity contribution in [3.05, 3.63) is 70.9 Å². The van der Waals surface area contributed by atoms with Crippen molar-refractivity contribution in [1.82, 2.24) is 15.2 Å². The van der Waals surface area contributed by atoms with Gasteiger partial charge in [0.2, 0.25) is 0 Å². The van der Waals surface area contributed by atoms with Gasteiger partial charge in [0.25, 0.3) is 17.7 Å². The number of aromatic nitrogens is 1. The Labute approximate surface area is 190 Å². The minimum Gasteiger partial charge on any atom is -0.467 e. The fourth-order valence-electron chi connectivity index (χ4n) is 4.06. The SMILES string of the molecule is COC(=O)[C@H](NC(=O)c1ccc2c(c1)C(=O)N(CCc1c[nH]c3ccccc13)C2=O)C(C)C. The van der Waals surface area contributed by atoms with E-state index in [9.17, 15) is 19.2 Å². The molecule has 0 saturated carbocycles. The molecule has 0 unspecified atom stereocenters. The van der Waals surface area contributed by atoms with Crippen LogP contribution in [0.5, 0.6) is 0 Å². The zero-order chi connectivity index (χ0) is 23.7. The minimum absolute atomic E-state index is 0.181. The topological polar surface area (TPSA) is 109 Å². The van der Waals surface area contributed by atoms with Crippen LogP contribution in [0, 0.1) is 5.92 Å². The van der Waals surface area contributed by atoms with Gasteiger partial charge in [-0.2, -0.15) is 0 Å². The number of ether oxygens (including phenoxy) is 1. The molecular weight excluding hydrogens is 422 g/mol. The Balaban J connectivity index is 1.50. The molecule has 2 heterocycles. The third-order valence-corrected chi connectivity index (χ3v) is 5.92. The number of para-hydroxylation sites is 1. The summed E-state index contributed by atoms with van der Waals surface area (Å²) in [5.41, 5.74) is 2.67. The van der Waals surface area contributed by atoms with Crippen LogP contribution in [0.25, 0.3) is 10.9 Å². The molecule has 170 valence electrons. The fourth-order valence-corrected chi connectivity index (χ4v) is 4.06. The van der Waals surface area contributed by atoms with Crippen LogP contribution in [0.15, 0.2) is 48.7 Å².